The summed E-state index contributed by atoms with van der Waals surface area (Å²) in [5.41, 5.74) is 1.12. The van der Waals surface area contributed by atoms with Crippen molar-refractivity contribution < 1.29 is 9.47 Å². The summed E-state index contributed by atoms with van der Waals surface area (Å²) in [5.74, 6) is 3.01. The van der Waals surface area contributed by atoms with Gasteiger partial charge in [0.05, 0.1) is 13.2 Å². The topological polar surface area (TPSA) is 50.7 Å². The first-order chi connectivity index (χ1) is 11.1. The average Bonchev–Trinajstić information content (AvgIpc) is 3.21. The van der Waals surface area contributed by atoms with Crippen LogP contribution in [0.2, 0.25) is 0 Å². The molecule has 6 nitrogen and oxygen atoms in total. The van der Waals surface area contributed by atoms with E-state index in [4.69, 9.17) is 14.5 Å². The van der Waals surface area contributed by atoms with Gasteiger partial charge in [0.2, 0.25) is 5.95 Å². The quantitative estimate of drug-likeness (QED) is 0.796. The molecule has 0 radical (unpaired) electrons. The molecule has 0 aromatic carbocycles. The number of aryl methyl sites for hydroxylation is 1. The highest BCUT2D eigenvalue weighted by Gasteiger charge is 2.21. The number of hydrogen-bond donors (Lipinski definition) is 0. The Morgan fingerprint density at radius 1 is 1.04 bits per heavy atom. The second kappa shape index (κ2) is 7.45. The molecular formula is C17H28N4O2. The van der Waals surface area contributed by atoms with Crippen molar-refractivity contribution in [1.82, 2.24) is 9.97 Å². The molecule has 0 unspecified atom stereocenters. The summed E-state index contributed by atoms with van der Waals surface area (Å²) in [4.78, 5) is 13.7. The predicted octanol–water partition coefficient (Wildman–Crippen LogP) is 1.73. The summed E-state index contributed by atoms with van der Waals surface area (Å²) in [6, 6.07) is 0. The van der Waals surface area contributed by atoms with Gasteiger partial charge in [0.15, 0.2) is 0 Å². The van der Waals surface area contributed by atoms with Gasteiger partial charge in [-0.3, -0.25) is 0 Å². The third kappa shape index (κ3) is 4.12. The van der Waals surface area contributed by atoms with E-state index >= 15 is 0 Å². The predicted molar refractivity (Wildman–Crippen MR) is 91.2 cm³/mol. The van der Waals surface area contributed by atoms with Gasteiger partial charge in [0.1, 0.15) is 5.82 Å². The molecule has 3 heterocycles. The number of aromatic nitrogens is 2. The van der Waals surface area contributed by atoms with Crippen molar-refractivity contribution in [3.63, 3.8) is 0 Å². The first-order valence-electron chi connectivity index (χ1n) is 8.55. The molecule has 3 rings (SSSR count). The zero-order valence-corrected chi connectivity index (χ0v) is 14.5. The van der Waals surface area contributed by atoms with Crippen molar-refractivity contribution in [3.05, 3.63) is 11.8 Å². The van der Waals surface area contributed by atoms with E-state index < -0.39 is 0 Å². The molecule has 1 aromatic rings. The molecule has 2 aliphatic rings. The normalized spacial score (nSPS) is 24.1. The molecule has 2 aliphatic heterocycles. The summed E-state index contributed by atoms with van der Waals surface area (Å²) in [7, 11) is 4.18. The van der Waals surface area contributed by atoms with Crippen molar-refractivity contribution in [2.24, 2.45) is 11.8 Å². The highest BCUT2D eigenvalue weighted by Crippen LogP contribution is 2.23. The van der Waals surface area contributed by atoms with Crippen LogP contribution in [0.5, 0.6) is 0 Å². The minimum atomic E-state index is 0.585. The fourth-order valence-electron chi connectivity index (χ4n) is 3.39. The molecule has 128 valence electrons. The zero-order chi connectivity index (χ0) is 16.2. The van der Waals surface area contributed by atoms with Gasteiger partial charge >= 0.3 is 0 Å². The van der Waals surface area contributed by atoms with Gasteiger partial charge < -0.3 is 19.3 Å². The van der Waals surface area contributed by atoms with Gasteiger partial charge in [-0.2, -0.15) is 4.98 Å². The van der Waals surface area contributed by atoms with E-state index in [9.17, 15) is 0 Å². The smallest absolute Gasteiger partial charge is 0.227 e. The van der Waals surface area contributed by atoms with Crippen LogP contribution in [0, 0.1) is 18.8 Å². The molecule has 2 saturated heterocycles. The molecule has 23 heavy (non-hydrogen) atoms. The second-order valence-corrected chi connectivity index (χ2v) is 6.90. The van der Waals surface area contributed by atoms with Crippen molar-refractivity contribution in [1.29, 1.82) is 0 Å². The molecule has 1 aromatic heterocycles. The monoisotopic (exact) mass is 320 g/mol. The molecule has 6 heteroatoms. The second-order valence-electron chi connectivity index (χ2n) is 6.90. The molecule has 0 N–H and O–H groups in total. The lowest BCUT2D eigenvalue weighted by atomic mass is 10.1. The van der Waals surface area contributed by atoms with Crippen molar-refractivity contribution in [2.75, 3.05) is 63.4 Å². The third-order valence-electron chi connectivity index (χ3n) is 4.75. The highest BCUT2D eigenvalue weighted by atomic mass is 16.5. The standard InChI is InChI=1S/C17H28N4O2/c1-13-8-18-17(21(3)10-15-5-7-23-12-15)19-16(13)20(2)9-14-4-6-22-11-14/h8,14-15H,4-7,9-12H2,1-3H3/t14-,15+/m0/s1. The van der Waals surface area contributed by atoms with Gasteiger partial charge in [0, 0.05) is 64.0 Å². The lowest BCUT2D eigenvalue weighted by Crippen LogP contribution is -2.30. The molecular weight excluding hydrogens is 292 g/mol. The maximum Gasteiger partial charge on any atom is 0.227 e. The number of ether oxygens (including phenoxy) is 2. The van der Waals surface area contributed by atoms with E-state index in [1.54, 1.807) is 0 Å². The van der Waals surface area contributed by atoms with Crippen LogP contribution in [-0.4, -0.2) is 63.6 Å². The number of rotatable bonds is 6. The molecule has 0 spiro atoms. The van der Waals surface area contributed by atoms with Crippen molar-refractivity contribution >= 4 is 11.8 Å². The Hall–Kier alpha value is -1.40. The lowest BCUT2D eigenvalue weighted by molar-refractivity contribution is 0.186. The summed E-state index contributed by atoms with van der Waals surface area (Å²) in [6.07, 6.45) is 4.20. The minimum Gasteiger partial charge on any atom is -0.381 e. The van der Waals surface area contributed by atoms with Crippen LogP contribution in [-0.2, 0) is 9.47 Å². The molecule has 2 fully saturated rings. The highest BCUT2D eigenvalue weighted by molar-refractivity contribution is 5.49. The van der Waals surface area contributed by atoms with Crippen LogP contribution in [0.1, 0.15) is 18.4 Å². The molecule has 0 amide bonds. The molecule has 0 saturated carbocycles. The largest absolute Gasteiger partial charge is 0.381 e. The van der Waals surface area contributed by atoms with E-state index in [1.807, 2.05) is 6.20 Å². The average molecular weight is 320 g/mol. The first-order valence-corrected chi connectivity index (χ1v) is 8.55. The Morgan fingerprint density at radius 2 is 1.65 bits per heavy atom. The van der Waals surface area contributed by atoms with Crippen LogP contribution in [0.4, 0.5) is 11.8 Å². The Labute approximate surface area is 138 Å². The Balaban J connectivity index is 1.67. The zero-order valence-electron chi connectivity index (χ0n) is 14.5. The summed E-state index contributed by atoms with van der Waals surface area (Å²) >= 11 is 0. The van der Waals surface area contributed by atoms with Gasteiger partial charge in [-0.25, -0.2) is 4.98 Å². The summed E-state index contributed by atoms with van der Waals surface area (Å²) in [5, 5.41) is 0. The van der Waals surface area contributed by atoms with Crippen LogP contribution in [0.3, 0.4) is 0 Å². The summed E-state index contributed by atoms with van der Waals surface area (Å²) < 4.78 is 10.9. The van der Waals surface area contributed by atoms with Crippen molar-refractivity contribution in [2.45, 2.75) is 19.8 Å². The van der Waals surface area contributed by atoms with E-state index in [0.717, 1.165) is 69.7 Å². The van der Waals surface area contributed by atoms with Crippen molar-refractivity contribution in [3.8, 4) is 0 Å². The van der Waals surface area contributed by atoms with Crippen LogP contribution >= 0.6 is 0 Å². The first kappa shape index (κ1) is 16.5. The van der Waals surface area contributed by atoms with Crippen LogP contribution in [0.25, 0.3) is 0 Å². The van der Waals surface area contributed by atoms with Crippen LogP contribution < -0.4 is 9.80 Å². The van der Waals surface area contributed by atoms with Gasteiger partial charge in [0.25, 0.3) is 0 Å². The Morgan fingerprint density at radius 3 is 2.22 bits per heavy atom. The van der Waals surface area contributed by atoms with E-state index in [2.05, 4.69) is 35.8 Å². The molecule has 2 atom stereocenters. The minimum absolute atomic E-state index is 0.585. The number of anilines is 2. The fourth-order valence-corrected chi connectivity index (χ4v) is 3.39. The molecule has 0 bridgehead atoms. The van der Waals surface area contributed by atoms with E-state index in [0.29, 0.717) is 11.8 Å². The summed E-state index contributed by atoms with van der Waals surface area (Å²) in [6.45, 7) is 7.49. The number of nitrogens with zero attached hydrogens (tertiary/aromatic N) is 4. The maximum absolute atomic E-state index is 5.48. The third-order valence-corrected chi connectivity index (χ3v) is 4.75. The lowest BCUT2D eigenvalue weighted by Gasteiger charge is -2.25. The van der Waals surface area contributed by atoms with Gasteiger partial charge in [-0.1, -0.05) is 0 Å². The Bertz CT molecular complexity index is 513. The van der Waals surface area contributed by atoms with E-state index in [-0.39, 0.29) is 0 Å². The SMILES string of the molecule is Cc1cnc(N(C)C[C@H]2CCOC2)nc1N(C)C[C@@H]1CCOC1. The van der Waals surface area contributed by atoms with E-state index in [1.165, 1.54) is 0 Å². The van der Waals surface area contributed by atoms with Gasteiger partial charge in [-0.15, -0.1) is 0 Å². The maximum atomic E-state index is 5.48. The van der Waals surface area contributed by atoms with Gasteiger partial charge in [-0.05, 0) is 19.8 Å². The van der Waals surface area contributed by atoms with Crippen LogP contribution in [0.15, 0.2) is 6.20 Å². The number of hydrogen-bond acceptors (Lipinski definition) is 6. The fraction of sp³-hybridized carbons (Fsp3) is 0.765. The Kier molecular flexibility index (Phi) is 5.33. The molecule has 0 aliphatic carbocycles.